The van der Waals surface area contributed by atoms with Crippen LogP contribution in [0.3, 0.4) is 0 Å². The van der Waals surface area contributed by atoms with Gasteiger partial charge in [0.25, 0.3) is 0 Å². The molecule has 0 amide bonds. The van der Waals surface area contributed by atoms with Crippen LogP contribution in [0, 0.1) is 0 Å². The summed E-state index contributed by atoms with van der Waals surface area (Å²) in [5, 5.41) is 10.8. The van der Waals surface area contributed by atoms with Crippen LogP contribution >= 0.6 is 11.3 Å². The van der Waals surface area contributed by atoms with Crippen molar-refractivity contribution in [3.05, 3.63) is 46.8 Å². The Kier molecular flexibility index (Phi) is 3.40. The first-order valence-electron chi connectivity index (χ1n) is 7.29. The predicted molar refractivity (Wildman–Crippen MR) is 82.4 cm³/mol. The Morgan fingerprint density at radius 2 is 2.29 bits per heavy atom. The van der Waals surface area contributed by atoms with Gasteiger partial charge in [0.05, 0.1) is 11.2 Å². The van der Waals surface area contributed by atoms with Crippen molar-refractivity contribution >= 4 is 17.0 Å². The van der Waals surface area contributed by atoms with Crippen molar-refractivity contribution in [3.8, 4) is 0 Å². The normalized spacial score (nSPS) is 20.1. The number of hydrogen-bond acceptors (Lipinski definition) is 5. The van der Waals surface area contributed by atoms with Gasteiger partial charge in [0.15, 0.2) is 5.65 Å². The number of hydrogen-bond donors (Lipinski definition) is 0. The smallest absolute Gasteiger partial charge is 0.160 e. The first-order chi connectivity index (χ1) is 10.4. The van der Waals surface area contributed by atoms with Crippen molar-refractivity contribution in [1.82, 2.24) is 24.5 Å². The molecule has 0 radical (unpaired) electrons. The second-order valence-corrected chi connectivity index (χ2v) is 6.26. The molecule has 0 bridgehead atoms. The third kappa shape index (κ3) is 2.56. The molecular formula is C15H17N5S. The number of thiazole rings is 1. The average Bonchev–Trinajstić information content (AvgIpc) is 3.16. The topological polar surface area (TPSA) is 46.3 Å². The second kappa shape index (κ2) is 5.54. The zero-order chi connectivity index (χ0) is 14.1. The summed E-state index contributed by atoms with van der Waals surface area (Å²) in [6, 6.07) is 6.05. The highest BCUT2D eigenvalue weighted by molar-refractivity contribution is 7.07. The van der Waals surface area contributed by atoms with E-state index in [1.807, 2.05) is 23.7 Å². The van der Waals surface area contributed by atoms with Crippen LogP contribution < -0.4 is 0 Å². The molecule has 0 aromatic carbocycles. The number of pyridine rings is 1. The fraction of sp³-hybridized carbons (Fsp3) is 0.400. The third-order valence-electron chi connectivity index (χ3n) is 4.08. The highest BCUT2D eigenvalue weighted by Crippen LogP contribution is 2.26. The number of rotatable bonds is 3. The van der Waals surface area contributed by atoms with Crippen LogP contribution in [-0.2, 0) is 6.54 Å². The lowest BCUT2D eigenvalue weighted by atomic mass is 9.97. The number of fused-ring (bicyclic) bond motifs is 1. The van der Waals surface area contributed by atoms with Crippen LogP contribution in [0.1, 0.15) is 30.3 Å². The monoisotopic (exact) mass is 299 g/mol. The molecule has 3 aromatic heterocycles. The molecule has 0 aliphatic carbocycles. The molecule has 0 N–H and O–H groups in total. The maximum atomic E-state index is 4.42. The Labute approximate surface area is 127 Å². The lowest BCUT2D eigenvalue weighted by Gasteiger charge is -2.31. The van der Waals surface area contributed by atoms with E-state index in [1.165, 1.54) is 18.5 Å². The minimum absolute atomic E-state index is 0.454. The molecule has 3 aromatic rings. The summed E-state index contributed by atoms with van der Waals surface area (Å²) >= 11 is 1.66. The summed E-state index contributed by atoms with van der Waals surface area (Å²) in [6.07, 6.45) is 4.45. The molecule has 1 atom stereocenters. The molecule has 4 rings (SSSR count). The lowest BCUT2D eigenvalue weighted by Crippen LogP contribution is -2.34. The van der Waals surface area contributed by atoms with Gasteiger partial charge >= 0.3 is 0 Å². The van der Waals surface area contributed by atoms with Gasteiger partial charge in [0.1, 0.15) is 5.82 Å². The summed E-state index contributed by atoms with van der Waals surface area (Å²) in [4.78, 5) is 6.87. The van der Waals surface area contributed by atoms with E-state index >= 15 is 0 Å². The zero-order valence-corrected chi connectivity index (χ0v) is 12.5. The molecule has 6 heteroatoms. The van der Waals surface area contributed by atoms with E-state index in [4.69, 9.17) is 0 Å². The maximum absolute atomic E-state index is 4.42. The van der Waals surface area contributed by atoms with Gasteiger partial charge in [-0.25, -0.2) is 4.98 Å². The van der Waals surface area contributed by atoms with E-state index in [0.29, 0.717) is 5.92 Å². The van der Waals surface area contributed by atoms with Gasteiger partial charge in [0.2, 0.25) is 0 Å². The van der Waals surface area contributed by atoms with Crippen molar-refractivity contribution < 1.29 is 0 Å². The molecule has 1 aliphatic heterocycles. The van der Waals surface area contributed by atoms with E-state index in [-0.39, 0.29) is 0 Å². The van der Waals surface area contributed by atoms with Gasteiger partial charge in [-0.3, -0.25) is 9.30 Å². The Morgan fingerprint density at radius 1 is 1.29 bits per heavy atom. The van der Waals surface area contributed by atoms with Crippen LogP contribution in [0.5, 0.6) is 0 Å². The molecule has 1 saturated heterocycles. The quantitative estimate of drug-likeness (QED) is 0.746. The van der Waals surface area contributed by atoms with Gasteiger partial charge in [0, 0.05) is 30.6 Å². The van der Waals surface area contributed by atoms with E-state index in [2.05, 4.69) is 36.1 Å². The first-order valence-corrected chi connectivity index (χ1v) is 8.23. The Hall–Kier alpha value is -1.79. The summed E-state index contributed by atoms with van der Waals surface area (Å²) in [6.45, 7) is 3.12. The number of piperidine rings is 1. The van der Waals surface area contributed by atoms with Crippen LogP contribution in [0.2, 0.25) is 0 Å². The SMILES string of the molecule is c1ccn2c(C3CCCN(Cc4cscn4)C3)nnc2c1. The summed E-state index contributed by atoms with van der Waals surface area (Å²) in [7, 11) is 0. The number of nitrogens with zero attached hydrogens (tertiary/aromatic N) is 5. The van der Waals surface area contributed by atoms with E-state index in [0.717, 1.165) is 31.1 Å². The Balaban J connectivity index is 1.55. The largest absolute Gasteiger partial charge is 0.297 e. The van der Waals surface area contributed by atoms with Gasteiger partial charge in [-0.2, -0.15) is 0 Å². The lowest BCUT2D eigenvalue weighted by molar-refractivity contribution is 0.194. The second-order valence-electron chi connectivity index (χ2n) is 5.54. The van der Waals surface area contributed by atoms with Crippen molar-refractivity contribution in [3.63, 3.8) is 0 Å². The standard InChI is InChI=1S/C15H17N5S/c1-2-7-20-14(5-1)17-18-15(20)12-4-3-6-19(8-12)9-13-10-21-11-16-13/h1-2,5,7,10-12H,3-4,6,8-9H2. The Bertz CT molecular complexity index is 721. The molecule has 1 fully saturated rings. The zero-order valence-electron chi connectivity index (χ0n) is 11.7. The fourth-order valence-corrected chi connectivity index (χ4v) is 3.64. The van der Waals surface area contributed by atoms with Gasteiger partial charge in [-0.1, -0.05) is 6.07 Å². The highest BCUT2D eigenvalue weighted by atomic mass is 32.1. The molecule has 1 aliphatic rings. The minimum atomic E-state index is 0.454. The van der Waals surface area contributed by atoms with E-state index < -0.39 is 0 Å². The molecule has 4 heterocycles. The Morgan fingerprint density at radius 3 is 3.19 bits per heavy atom. The van der Waals surface area contributed by atoms with Crippen molar-refractivity contribution in [2.45, 2.75) is 25.3 Å². The maximum Gasteiger partial charge on any atom is 0.160 e. The number of aromatic nitrogens is 4. The predicted octanol–water partition coefficient (Wildman–Crippen LogP) is 2.57. The van der Waals surface area contributed by atoms with E-state index in [9.17, 15) is 0 Å². The molecule has 0 saturated carbocycles. The van der Waals surface area contributed by atoms with Gasteiger partial charge < -0.3 is 0 Å². The summed E-state index contributed by atoms with van der Waals surface area (Å²) < 4.78 is 2.12. The molecule has 21 heavy (non-hydrogen) atoms. The fourth-order valence-electron chi connectivity index (χ4n) is 3.09. The summed E-state index contributed by atoms with van der Waals surface area (Å²) in [5.74, 6) is 1.54. The van der Waals surface area contributed by atoms with Crippen molar-refractivity contribution in [2.75, 3.05) is 13.1 Å². The highest BCUT2D eigenvalue weighted by Gasteiger charge is 2.25. The third-order valence-corrected chi connectivity index (χ3v) is 4.72. The molecule has 108 valence electrons. The minimum Gasteiger partial charge on any atom is -0.297 e. The molecule has 1 unspecified atom stereocenters. The average molecular weight is 299 g/mol. The molecule has 5 nitrogen and oxygen atoms in total. The van der Waals surface area contributed by atoms with Crippen LogP contribution in [0.4, 0.5) is 0 Å². The first kappa shape index (κ1) is 12.9. The van der Waals surface area contributed by atoms with Crippen LogP contribution in [0.25, 0.3) is 5.65 Å². The van der Waals surface area contributed by atoms with Crippen LogP contribution in [0.15, 0.2) is 35.3 Å². The molecular weight excluding hydrogens is 282 g/mol. The molecule has 0 spiro atoms. The van der Waals surface area contributed by atoms with Crippen molar-refractivity contribution in [2.24, 2.45) is 0 Å². The van der Waals surface area contributed by atoms with Crippen LogP contribution in [-0.4, -0.2) is 37.6 Å². The van der Waals surface area contributed by atoms with Gasteiger partial charge in [-0.05, 0) is 31.5 Å². The van der Waals surface area contributed by atoms with Gasteiger partial charge in [-0.15, -0.1) is 21.5 Å². The van der Waals surface area contributed by atoms with E-state index in [1.54, 1.807) is 11.3 Å². The number of likely N-dealkylation sites (tertiary alicyclic amines) is 1. The van der Waals surface area contributed by atoms with Crippen molar-refractivity contribution in [1.29, 1.82) is 0 Å². The summed E-state index contributed by atoms with van der Waals surface area (Å²) in [5.41, 5.74) is 4.01.